The lowest BCUT2D eigenvalue weighted by Gasteiger charge is -2.45. The molecule has 0 unspecified atom stereocenters. The van der Waals surface area contributed by atoms with Crippen molar-refractivity contribution in [1.29, 1.82) is 0 Å². The molecule has 0 aromatic heterocycles. The minimum atomic E-state index is -0.685. The highest BCUT2D eigenvalue weighted by Crippen LogP contribution is 2.24. The van der Waals surface area contributed by atoms with Crippen LogP contribution in [0.4, 0.5) is 0 Å². The zero-order valence-corrected chi connectivity index (χ0v) is 11.8. The van der Waals surface area contributed by atoms with E-state index in [1.807, 2.05) is 32.9 Å². The van der Waals surface area contributed by atoms with Crippen molar-refractivity contribution >= 4 is 5.91 Å². The summed E-state index contributed by atoms with van der Waals surface area (Å²) in [7, 11) is 0. The summed E-state index contributed by atoms with van der Waals surface area (Å²) in [5.41, 5.74) is 1.55. The number of rotatable bonds is 4. The molecule has 1 aliphatic rings. The van der Waals surface area contributed by atoms with Crippen molar-refractivity contribution in [2.24, 2.45) is 0 Å². The third-order valence-corrected chi connectivity index (χ3v) is 3.54. The Hall–Kier alpha value is -1.55. The summed E-state index contributed by atoms with van der Waals surface area (Å²) in [6.45, 7) is 6.78. The molecule has 1 N–H and O–H groups in total. The number of amides is 1. The first-order valence-corrected chi connectivity index (χ1v) is 6.63. The number of carbonyl (C=O) groups excluding carboxylic acids is 1. The highest BCUT2D eigenvalue weighted by molar-refractivity contribution is 5.79. The van der Waals surface area contributed by atoms with Gasteiger partial charge in [0.15, 0.2) is 6.61 Å². The molecule has 1 heterocycles. The molecule has 0 radical (unpaired) electrons. The van der Waals surface area contributed by atoms with Crippen molar-refractivity contribution in [1.82, 2.24) is 4.90 Å². The first-order chi connectivity index (χ1) is 8.92. The van der Waals surface area contributed by atoms with Crippen LogP contribution in [0.25, 0.3) is 0 Å². The number of β-amino-alcohol motifs (C(OH)–C–C–N with tert-alkyl or cyclic N) is 1. The summed E-state index contributed by atoms with van der Waals surface area (Å²) in [5.74, 6) is 0.648. The minimum absolute atomic E-state index is 0.0304. The number of ether oxygens (including phenoxy) is 1. The van der Waals surface area contributed by atoms with Crippen molar-refractivity contribution in [3.8, 4) is 5.75 Å². The van der Waals surface area contributed by atoms with Crippen molar-refractivity contribution in [3.63, 3.8) is 0 Å². The SMILES string of the molecule is CCC1(O)CN(C(=O)COc2cc(C)cc(C)c2)C1. The maximum atomic E-state index is 11.9. The molecule has 0 saturated carbocycles. The Kier molecular flexibility index (Phi) is 3.80. The molecule has 1 fully saturated rings. The summed E-state index contributed by atoms with van der Waals surface area (Å²) in [6, 6.07) is 5.89. The highest BCUT2D eigenvalue weighted by atomic mass is 16.5. The Morgan fingerprint density at radius 2 is 1.89 bits per heavy atom. The molecule has 4 heteroatoms. The van der Waals surface area contributed by atoms with E-state index in [2.05, 4.69) is 6.07 Å². The molecule has 0 aliphatic carbocycles. The van der Waals surface area contributed by atoms with Crippen LogP contribution in [-0.2, 0) is 4.79 Å². The molecule has 1 amide bonds. The second kappa shape index (κ2) is 5.21. The number of carbonyl (C=O) groups is 1. The second-order valence-electron chi connectivity index (χ2n) is 5.44. The quantitative estimate of drug-likeness (QED) is 0.899. The maximum Gasteiger partial charge on any atom is 0.260 e. The Morgan fingerprint density at radius 1 is 1.32 bits per heavy atom. The van der Waals surface area contributed by atoms with Gasteiger partial charge in [0, 0.05) is 0 Å². The van der Waals surface area contributed by atoms with Crippen LogP contribution in [0.3, 0.4) is 0 Å². The Labute approximate surface area is 114 Å². The van der Waals surface area contributed by atoms with Crippen LogP contribution >= 0.6 is 0 Å². The van der Waals surface area contributed by atoms with Gasteiger partial charge in [-0.15, -0.1) is 0 Å². The predicted octanol–water partition coefficient (Wildman–Crippen LogP) is 1.67. The van der Waals surface area contributed by atoms with Crippen molar-refractivity contribution in [2.75, 3.05) is 19.7 Å². The van der Waals surface area contributed by atoms with Gasteiger partial charge in [-0.2, -0.15) is 0 Å². The lowest BCUT2D eigenvalue weighted by molar-refractivity contribution is -0.157. The average Bonchev–Trinajstić information content (AvgIpc) is 2.31. The summed E-state index contributed by atoms with van der Waals surface area (Å²) >= 11 is 0. The smallest absolute Gasteiger partial charge is 0.260 e. The van der Waals surface area contributed by atoms with E-state index >= 15 is 0 Å². The van der Waals surface area contributed by atoms with Gasteiger partial charge in [0.25, 0.3) is 5.91 Å². The third-order valence-electron chi connectivity index (χ3n) is 3.54. The highest BCUT2D eigenvalue weighted by Gasteiger charge is 2.41. The summed E-state index contributed by atoms with van der Waals surface area (Å²) in [4.78, 5) is 13.5. The number of aliphatic hydroxyl groups is 1. The zero-order chi connectivity index (χ0) is 14.0. The fraction of sp³-hybridized carbons (Fsp3) is 0.533. The molecular weight excluding hydrogens is 242 g/mol. The molecule has 0 bridgehead atoms. The molecule has 19 heavy (non-hydrogen) atoms. The molecular formula is C15H21NO3. The Morgan fingerprint density at radius 3 is 2.42 bits per heavy atom. The standard InChI is InChI=1S/C15H21NO3/c1-4-15(18)9-16(10-15)14(17)8-19-13-6-11(2)5-12(3)7-13/h5-7,18H,4,8-10H2,1-3H3. The summed E-state index contributed by atoms with van der Waals surface area (Å²) in [5, 5.41) is 9.86. The Balaban J connectivity index is 1.84. The first kappa shape index (κ1) is 13.9. The monoisotopic (exact) mass is 263 g/mol. The lowest BCUT2D eigenvalue weighted by atomic mass is 9.91. The number of likely N-dealkylation sites (tertiary alicyclic amines) is 1. The van der Waals surface area contributed by atoms with Crippen LogP contribution < -0.4 is 4.74 Å². The van der Waals surface area contributed by atoms with Crippen molar-refractivity contribution in [2.45, 2.75) is 32.8 Å². The van der Waals surface area contributed by atoms with Gasteiger partial charge in [-0.05, 0) is 43.5 Å². The average molecular weight is 263 g/mol. The summed E-state index contributed by atoms with van der Waals surface area (Å²) in [6.07, 6.45) is 0.675. The largest absolute Gasteiger partial charge is 0.484 e. The van der Waals surface area contributed by atoms with Gasteiger partial charge in [0.05, 0.1) is 18.7 Å². The van der Waals surface area contributed by atoms with Crippen LogP contribution in [0.5, 0.6) is 5.75 Å². The second-order valence-corrected chi connectivity index (χ2v) is 5.44. The third kappa shape index (κ3) is 3.26. The molecule has 0 atom stereocenters. The molecule has 1 aromatic carbocycles. The van der Waals surface area contributed by atoms with Crippen LogP contribution in [0, 0.1) is 13.8 Å². The van der Waals surface area contributed by atoms with Crippen LogP contribution in [0.15, 0.2) is 18.2 Å². The lowest BCUT2D eigenvalue weighted by Crippen LogP contribution is -2.63. The van der Waals surface area contributed by atoms with E-state index in [4.69, 9.17) is 4.74 Å². The van der Waals surface area contributed by atoms with Gasteiger partial charge in [-0.3, -0.25) is 4.79 Å². The van der Waals surface area contributed by atoms with E-state index in [9.17, 15) is 9.90 Å². The van der Waals surface area contributed by atoms with Crippen LogP contribution in [0.2, 0.25) is 0 Å². The molecule has 104 valence electrons. The number of hydrogen-bond acceptors (Lipinski definition) is 3. The van der Waals surface area contributed by atoms with E-state index in [0.29, 0.717) is 19.5 Å². The molecule has 1 aliphatic heterocycles. The maximum absolute atomic E-state index is 11.9. The van der Waals surface area contributed by atoms with Crippen LogP contribution in [-0.4, -0.2) is 41.2 Å². The van der Waals surface area contributed by atoms with E-state index in [0.717, 1.165) is 16.9 Å². The molecule has 0 spiro atoms. The van der Waals surface area contributed by atoms with Crippen LogP contribution in [0.1, 0.15) is 24.5 Å². The van der Waals surface area contributed by atoms with E-state index < -0.39 is 5.60 Å². The van der Waals surface area contributed by atoms with E-state index in [1.54, 1.807) is 4.90 Å². The first-order valence-electron chi connectivity index (χ1n) is 6.63. The van der Waals surface area contributed by atoms with Crippen molar-refractivity contribution < 1.29 is 14.6 Å². The van der Waals surface area contributed by atoms with E-state index in [1.165, 1.54) is 0 Å². The number of nitrogens with zero attached hydrogens (tertiary/aromatic N) is 1. The molecule has 4 nitrogen and oxygen atoms in total. The van der Waals surface area contributed by atoms with Gasteiger partial charge >= 0.3 is 0 Å². The fourth-order valence-electron chi connectivity index (χ4n) is 2.32. The predicted molar refractivity (Wildman–Crippen MR) is 73.2 cm³/mol. The fourth-order valence-corrected chi connectivity index (χ4v) is 2.32. The minimum Gasteiger partial charge on any atom is -0.484 e. The molecule has 1 saturated heterocycles. The topological polar surface area (TPSA) is 49.8 Å². The molecule has 1 aromatic rings. The van der Waals surface area contributed by atoms with Gasteiger partial charge in [-0.1, -0.05) is 13.0 Å². The van der Waals surface area contributed by atoms with Gasteiger partial charge < -0.3 is 14.7 Å². The molecule has 2 rings (SSSR count). The number of benzene rings is 1. The van der Waals surface area contributed by atoms with Gasteiger partial charge in [-0.25, -0.2) is 0 Å². The summed E-state index contributed by atoms with van der Waals surface area (Å²) < 4.78 is 5.52. The number of hydrogen-bond donors (Lipinski definition) is 1. The Bertz CT molecular complexity index is 458. The normalized spacial score (nSPS) is 16.9. The van der Waals surface area contributed by atoms with Gasteiger partial charge in [0.1, 0.15) is 5.75 Å². The van der Waals surface area contributed by atoms with E-state index in [-0.39, 0.29) is 12.5 Å². The van der Waals surface area contributed by atoms with Crippen molar-refractivity contribution in [3.05, 3.63) is 29.3 Å². The van der Waals surface area contributed by atoms with Gasteiger partial charge in [0.2, 0.25) is 0 Å². The zero-order valence-electron chi connectivity index (χ0n) is 11.8. The number of aryl methyl sites for hydroxylation is 2.